The highest BCUT2D eigenvalue weighted by atomic mass is 32.1. The number of para-hydroxylation sites is 1. The van der Waals surface area contributed by atoms with Crippen LogP contribution in [0.15, 0.2) is 24.3 Å². The zero-order valence-corrected chi connectivity index (χ0v) is 13.7. The molecule has 2 N–H and O–H groups in total. The molecular formula is C16H25N3OS. The first kappa shape index (κ1) is 16.2. The maximum Gasteiger partial charge on any atom is 0.170 e. The van der Waals surface area contributed by atoms with Crippen LogP contribution in [0, 0.1) is 0 Å². The molecule has 0 saturated carbocycles. The molecule has 116 valence electrons. The lowest BCUT2D eigenvalue weighted by atomic mass is 10.0. The van der Waals surface area contributed by atoms with Crippen molar-refractivity contribution in [2.24, 2.45) is 0 Å². The van der Waals surface area contributed by atoms with E-state index in [0.717, 1.165) is 45.1 Å². The molecule has 4 nitrogen and oxygen atoms in total. The SMILES string of the molecule is CC(C)c1ccccc1NC(=S)NCCN1CCOCC1. The minimum Gasteiger partial charge on any atom is -0.379 e. The minimum atomic E-state index is 0.477. The summed E-state index contributed by atoms with van der Waals surface area (Å²) >= 11 is 5.38. The fourth-order valence-electron chi connectivity index (χ4n) is 2.43. The molecule has 21 heavy (non-hydrogen) atoms. The molecule has 1 aromatic rings. The van der Waals surface area contributed by atoms with Gasteiger partial charge < -0.3 is 15.4 Å². The van der Waals surface area contributed by atoms with Crippen LogP contribution in [-0.2, 0) is 4.74 Å². The van der Waals surface area contributed by atoms with Gasteiger partial charge in [-0.2, -0.15) is 0 Å². The van der Waals surface area contributed by atoms with Gasteiger partial charge in [0.2, 0.25) is 0 Å². The number of ether oxygens (including phenoxy) is 1. The Kier molecular flexibility index (Phi) is 6.42. The van der Waals surface area contributed by atoms with Crippen LogP contribution in [0.2, 0.25) is 0 Å². The van der Waals surface area contributed by atoms with Gasteiger partial charge >= 0.3 is 0 Å². The average molecular weight is 307 g/mol. The fraction of sp³-hybridized carbons (Fsp3) is 0.562. The Labute approximate surface area is 132 Å². The summed E-state index contributed by atoms with van der Waals surface area (Å²) < 4.78 is 5.34. The highest BCUT2D eigenvalue weighted by Crippen LogP contribution is 2.23. The molecule has 0 atom stereocenters. The van der Waals surface area contributed by atoms with E-state index in [0.29, 0.717) is 11.0 Å². The predicted octanol–water partition coefficient (Wildman–Crippen LogP) is 2.43. The summed E-state index contributed by atoms with van der Waals surface area (Å²) in [7, 11) is 0. The number of rotatable bonds is 5. The summed E-state index contributed by atoms with van der Waals surface area (Å²) in [5, 5.41) is 7.28. The third kappa shape index (κ3) is 5.26. The van der Waals surface area contributed by atoms with Crippen molar-refractivity contribution >= 4 is 23.0 Å². The van der Waals surface area contributed by atoms with Gasteiger partial charge in [-0.05, 0) is 29.8 Å². The number of benzene rings is 1. The van der Waals surface area contributed by atoms with E-state index in [9.17, 15) is 0 Å². The first-order chi connectivity index (χ1) is 10.2. The highest BCUT2D eigenvalue weighted by molar-refractivity contribution is 7.80. The van der Waals surface area contributed by atoms with Crippen molar-refractivity contribution in [1.82, 2.24) is 10.2 Å². The summed E-state index contributed by atoms with van der Waals surface area (Å²) in [4.78, 5) is 2.39. The standard InChI is InChI=1S/C16H25N3OS/c1-13(2)14-5-3-4-6-15(14)18-16(21)17-7-8-19-9-11-20-12-10-19/h3-6,13H,7-12H2,1-2H3,(H2,17,18,21). The quantitative estimate of drug-likeness (QED) is 0.817. The Morgan fingerprint density at radius 2 is 2.00 bits per heavy atom. The molecule has 1 saturated heterocycles. The average Bonchev–Trinajstić information content (AvgIpc) is 2.48. The van der Waals surface area contributed by atoms with Crippen LogP contribution in [-0.4, -0.2) is 49.4 Å². The monoisotopic (exact) mass is 307 g/mol. The Balaban J connectivity index is 1.76. The van der Waals surface area contributed by atoms with Crippen molar-refractivity contribution in [3.8, 4) is 0 Å². The van der Waals surface area contributed by atoms with Gasteiger partial charge in [0, 0.05) is 31.9 Å². The fourth-order valence-corrected chi connectivity index (χ4v) is 2.65. The maximum absolute atomic E-state index is 5.38. The van der Waals surface area contributed by atoms with Crippen LogP contribution in [0.1, 0.15) is 25.3 Å². The maximum atomic E-state index is 5.38. The zero-order valence-electron chi connectivity index (χ0n) is 12.9. The molecule has 5 heteroatoms. The lowest BCUT2D eigenvalue weighted by molar-refractivity contribution is 0.0389. The van der Waals surface area contributed by atoms with Crippen molar-refractivity contribution < 1.29 is 4.74 Å². The number of morpholine rings is 1. The molecule has 0 radical (unpaired) electrons. The second-order valence-electron chi connectivity index (χ2n) is 5.58. The minimum absolute atomic E-state index is 0.477. The molecule has 0 spiro atoms. The van der Waals surface area contributed by atoms with Crippen molar-refractivity contribution in [2.45, 2.75) is 19.8 Å². The van der Waals surface area contributed by atoms with Crippen LogP contribution in [0.3, 0.4) is 0 Å². The summed E-state index contributed by atoms with van der Waals surface area (Å²) in [6, 6.07) is 8.31. The number of nitrogens with zero attached hydrogens (tertiary/aromatic N) is 1. The number of hydrogen-bond acceptors (Lipinski definition) is 3. The van der Waals surface area contributed by atoms with Gasteiger partial charge in [-0.1, -0.05) is 32.0 Å². The predicted molar refractivity (Wildman–Crippen MR) is 92.0 cm³/mol. The second kappa shape index (κ2) is 8.32. The van der Waals surface area contributed by atoms with E-state index in [1.165, 1.54) is 5.56 Å². The lowest BCUT2D eigenvalue weighted by Crippen LogP contribution is -2.42. The Bertz CT molecular complexity index is 459. The Hall–Kier alpha value is -1.17. The van der Waals surface area contributed by atoms with E-state index < -0.39 is 0 Å². The van der Waals surface area contributed by atoms with E-state index in [4.69, 9.17) is 17.0 Å². The van der Waals surface area contributed by atoms with E-state index in [-0.39, 0.29) is 0 Å². The molecule has 0 unspecified atom stereocenters. The van der Waals surface area contributed by atoms with Gasteiger partial charge in [-0.25, -0.2) is 0 Å². The van der Waals surface area contributed by atoms with Crippen LogP contribution < -0.4 is 10.6 Å². The molecule has 1 heterocycles. The molecule has 0 bridgehead atoms. The first-order valence-electron chi connectivity index (χ1n) is 7.60. The Morgan fingerprint density at radius 3 is 2.71 bits per heavy atom. The lowest BCUT2D eigenvalue weighted by Gasteiger charge is -2.26. The normalized spacial score (nSPS) is 16.0. The number of nitrogens with one attached hydrogen (secondary N) is 2. The third-order valence-electron chi connectivity index (χ3n) is 3.65. The Morgan fingerprint density at radius 1 is 1.29 bits per heavy atom. The van der Waals surface area contributed by atoms with Crippen LogP contribution >= 0.6 is 12.2 Å². The highest BCUT2D eigenvalue weighted by Gasteiger charge is 2.10. The van der Waals surface area contributed by atoms with Crippen LogP contribution in [0.4, 0.5) is 5.69 Å². The second-order valence-corrected chi connectivity index (χ2v) is 5.99. The number of hydrogen-bond donors (Lipinski definition) is 2. The number of anilines is 1. The van der Waals surface area contributed by atoms with E-state index >= 15 is 0 Å². The van der Waals surface area contributed by atoms with Crippen LogP contribution in [0.25, 0.3) is 0 Å². The molecule has 0 amide bonds. The summed E-state index contributed by atoms with van der Waals surface area (Å²) in [5.74, 6) is 0.477. The third-order valence-corrected chi connectivity index (χ3v) is 3.89. The van der Waals surface area contributed by atoms with E-state index in [2.05, 4.69) is 47.6 Å². The molecule has 1 aliphatic heterocycles. The van der Waals surface area contributed by atoms with Crippen molar-refractivity contribution in [2.75, 3.05) is 44.7 Å². The summed E-state index contributed by atoms with van der Waals surface area (Å²) in [6.45, 7) is 9.93. The van der Waals surface area contributed by atoms with Gasteiger partial charge in [0.25, 0.3) is 0 Å². The molecule has 1 aliphatic rings. The van der Waals surface area contributed by atoms with Gasteiger partial charge in [0.1, 0.15) is 0 Å². The summed E-state index contributed by atoms with van der Waals surface area (Å²) in [6.07, 6.45) is 0. The van der Waals surface area contributed by atoms with Gasteiger partial charge in [0.15, 0.2) is 5.11 Å². The summed E-state index contributed by atoms with van der Waals surface area (Å²) in [5.41, 5.74) is 2.38. The molecule has 0 aliphatic carbocycles. The van der Waals surface area contributed by atoms with Crippen molar-refractivity contribution in [3.05, 3.63) is 29.8 Å². The molecule has 2 rings (SSSR count). The molecule has 1 aromatic carbocycles. The van der Waals surface area contributed by atoms with Gasteiger partial charge in [-0.15, -0.1) is 0 Å². The van der Waals surface area contributed by atoms with Crippen LogP contribution in [0.5, 0.6) is 0 Å². The zero-order chi connectivity index (χ0) is 15.1. The largest absolute Gasteiger partial charge is 0.379 e. The molecular weight excluding hydrogens is 282 g/mol. The van der Waals surface area contributed by atoms with Crippen molar-refractivity contribution in [1.29, 1.82) is 0 Å². The van der Waals surface area contributed by atoms with Gasteiger partial charge in [0.05, 0.1) is 13.2 Å². The number of thiocarbonyl (C=S) groups is 1. The smallest absolute Gasteiger partial charge is 0.170 e. The first-order valence-corrected chi connectivity index (χ1v) is 8.01. The molecule has 0 aromatic heterocycles. The molecule has 1 fully saturated rings. The van der Waals surface area contributed by atoms with E-state index in [1.807, 2.05) is 6.07 Å². The van der Waals surface area contributed by atoms with Crippen molar-refractivity contribution in [3.63, 3.8) is 0 Å². The van der Waals surface area contributed by atoms with Gasteiger partial charge in [-0.3, -0.25) is 4.90 Å². The van der Waals surface area contributed by atoms with E-state index in [1.54, 1.807) is 0 Å². The topological polar surface area (TPSA) is 36.5 Å².